The molecule has 384 valence electrons. The molecule has 9 nitrogen and oxygen atoms in total. The minimum Gasteiger partial charge on any atom is -0.490 e. The third-order valence-electron chi connectivity index (χ3n) is 11.6. The van der Waals surface area contributed by atoms with Gasteiger partial charge >= 0.3 is 24.3 Å². The number of hydrogen-bond acceptors (Lipinski definition) is 7. The molecule has 2 N–H and O–H groups in total. The van der Waals surface area contributed by atoms with Gasteiger partial charge in [0.15, 0.2) is 11.5 Å². The number of nitrogens with zero attached hydrogens (tertiary/aromatic N) is 2. The standard InChI is InChI=1S/C29H32F3NO3.C28H30F3NO4/c1-3-5-10-27(36-26-17-11-20(12-18-28(34)35)19-22(26)7-4-2)25-9-6-8-24(33-25)21-13-15-23(16-14-21)29(30,31)32;1-3-5-9-24(36-25-16-10-19(11-17-27(33)34)18-26(25)35-4-2)23-8-6-7-22(32-23)20-12-14-21(15-13-20)28(29,30)31/h6,8-9,11,13-17,19,27H,3-5,7,10,12,18H2,1-2H3,(H,34,35);6-8,10,12-16,18,24H,3-5,9,11,17H2,1-2H3,(H,33,34). The van der Waals surface area contributed by atoms with Gasteiger partial charge in [0, 0.05) is 24.0 Å². The minimum absolute atomic E-state index is 0.0194. The smallest absolute Gasteiger partial charge is 0.416 e. The average molecular weight is 1000 g/mol. The van der Waals surface area contributed by atoms with Crippen molar-refractivity contribution in [1.29, 1.82) is 0 Å². The largest absolute Gasteiger partial charge is 0.490 e. The van der Waals surface area contributed by atoms with Crippen molar-refractivity contribution >= 4 is 11.9 Å². The van der Waals surface area contributed by atoms with Crippen molar-refractivity contribution in [1.82, 2.24) is 9.97 Å². The Kier molecular flexibility index (Phi) is 21.1. The van der Waals surface area contributed by atoms with E-state index in [1.165, 1.54) is 24.3 Å². The fourth-order valence-corrected chi connectivity index (χ4v) is 7.81. The number of carbonyl (C=O) groups is 2. The Hall–Kier alpha value is -6.90. The van der Waals surface area contributed by atoms with Gasteiger partial charge in [-0.25, -0.2) is 9.97 Å². The van der Waals surface area contributed by atoms with Crippen molar-refractivity contribution in [2.45, 2.75) is 129 Å². The second-order valence-electron chi connectivity index (χ2n) is 17.2. The van der Waals surface area contributed by atoms with Gasteiger partial charge in [-0.05, 0) is 135 Å². The van der Waals surface area contributed by atoms with Gasteiger partial charge in [-0.1, -0.05) is 94.6 Å². The Morgan fingerprint density at radius 1 is 0.528 bits per heavy atom. The quantitative estimate of drug-likeness (QED) is 0.0570. The predicted octanol–water partition coefficient (Wildman–Crippen LogP) is 15.5. The summed E-state index contributed by atoms with van der Waals surface area (Å²) in [6, 6.07) is 32.1. The monoisotopic (exact) mass is 1000 g/mol. The molecule has 0 aliphatic heterocycles. The number of ether oxygens (including phenoxy) is 3. The summed E-state index contributed by atoms with van der Waals surface area (Å²) < 4.78 is 96.3. The van der Waals surface area contributed by atoms with Crippen molar-refractivity contribution in [2.75, 3.05) is 6.61 Å². The molecule has 4 aromatic carbocycles. The van der Waals surface area contributed by atoms with Crippen LogP contribution in [0.4, 0.5) is 26.3 Å². The molecule has 72 heavy (non-hydrogen) atoms. The lowest BCUT2D eigenvalue weighted by atomic mass is 10.0. The molecule has 0 aliphatic carbocycles. The number of alkyl halides is 6. The van der Waals surface area contributed by atoms with Crippen LogP contribution in [0.25, 0.3) is 22.5 Å². The van der Waals surface area contributed by atoms with Crippen LogP contribution in [-0.2, 0) is 41.2 Å². The summed E-state index contributed by atoms with van der Waals surface area (Å²) in [5.74, 6) is 0.108. The van der Waals surface area contributed by atoms with Crippen LogP contribution in [0, 0.1) is 0 Å². The lowest BCUT2D eigenvalue weighted by Crippen LogP contribution is -2.11. The molecule has 0 fully saturated rings. The number of carboxylic acids is 2. The Balaban J connectivity index is 0.000000267. The summed E-state index contributed by atoms with van der Waals surface area (Å²) in [5, 5.41) is 18.0. The lowest BCUT2D eigenvalue weighted by molar-refractivity contribution is -0.138. The highest BCUT2D eigenvalue weighted by Gasteiger charge is 2.31. The van der Waals surface area contributed by atoms with Crippen LogP contribution in [0.15, 0.2) is 121 Å². The lowest BCUT2D eigenvalue weighted by Gasteiger charge is -2.22. The first-order valence-corrected chi connectivity index (χ1v) is 24.4. The van der Waals surface area contributed by atoms with Gasteiger partial charge in [-0.3, -0.25) is 9.59 Å². The predicted molar refractivity (Wildman–Crippen MR) is 265 cm³/mol. The number of hydrogen-bond donors (Lipinski definition) is 2. The Bertz CT molecular complexity index is 2470. The van der Waals surface area contributed by atoms with E-state index in [9.17, 15) is 35.9 Å². The molecule has 0 bridgehead atoms. The van der Waals surface area contributed by atoms with Crippen molar-refractivity contribution in [2.24, 2.45) is 0 Å². The van der Waals surface area contributed by atoms with Gasteiger partial charge in [0.05, 0.1) is 40.5 Å². The molecular formula is C57H62F6N2O7. The van der Waals surface area contributed by atoms with Crippen molar-refractivity contribution in [3.63, 3.8) is 0 Å². The number of aliphatic carboxylic acids is 2. The van der Waals surface area contributed by atoms with Crippen molar-refractivity contribution in [3.8, 4) is 39.8 Å². The molecular weight excluding hydrogens is 939 g/mol. The van der Waals surface area contributed by atoms with Gasteiger partial charge in [-0.2, -0.15) is 26.3 Å². The highest BCUT2D eigenvalue weighted by molar-refractivity contribution is 5.67. The summed E-state index contributed by atoms with van der Waals surface area (Å²) in [4.78, 5) is 31.4. The second-order valence-corrected chi connectivity index (χ2v) is 17.2. The van der Waals surface area contributed by atoms with Crippen molar-refractivity contribution in [3.05, 3.63) is 161 Å². The van der Waals surface area contributed by atoms with Gasteiger partial charge in [0.1, 0.15) is 18.0 Å². The SMILES string of the molecule is CCCCC(Oc1ccc(CCC(=O)O)cc1CCC)c1cccc(-c2ccc(C(F)(F)F)cc2)n1.CCCCC(Oc1ccc(CCC(=O)O)cc1OCC)c1cccc(-c2ccc(C(F)(F)F)cc2)n1. The van der Waals surface area contributed by atoms with E-state index in [-0.39, 0.29) is 18.9 Å². The fraction of sp³-hybridized carbons (Fsp3) is 0.368. The van der Waals surface area contributed by atoms with E-state index in [0.717, 1.165) is 97.3 Å². The molecule has 0 saturated carbocycles. The van der Waals surface area contributed by atoms with E-state index in [1.807, 2.05) is 55.5 Å². The van der Waals surface area contributed by atoms with Crippen LogP contribution in [0.3, 0.4) is 0 Å². The molecule has 6 rings (SSSR count). The van der Waals surface area contributed by atoms with Crippen molar-refractivity contribution < 1.29 is 60.4 Å². The Labute approximate surface area is 417 Å². The van der Waals surface area contributed by atoms with Gasteiger partial charge in [0.25, 0.3) is 0 Å². The molecule has 2 atom stereocenters. The number of pyridine rings is 2. The first-order chi connectivity index (χ1) is 34.4. The Morgan fingerprint density at radius 2 is 0.972 bits per heavy atom. The third-order valence-corrected chi connectivity index (χ3v) is 11.6. The molecule has 0 aliphatic rings. The maximum absolute atomic E-state index is 12.9. The summed E-state index contributed by atoms with van der Waals surface area (Å²) >= 11 is 0. The normalized spacial score (nSPS) is 12.3. The van der Waals surface area contributed by atoms with E-state index in [4.69, 9.17) is 34.4 Å². The number of unbranched alkanes of at least 4 members (excludes halogenated alkanes) is 2. The number of aryl methyl sites for hydroxylation is 3. The summed E-state index contributed by atoms with van der Waals surface area (Å²) in [5.41, 5.74) is 5.14. The summed E-state index contributed by atoms with van der Waals surface area (Å²) in [7, 11) is 0. The zero-order chi connectivity index (χ0) is 52.3. The number of carboxylic acid groups (broad SMARTS) is 2. The summed E-state index contributed by atoms with van der Waals surface area (Å²) in [6.45, 7) is 8.53. The zero-order valence-electron chi connectivity index (χ0n) is 41.0. The molecule has 0 amide bonds. The van der Waals surface area contributed by atoms with Gasteiger partial charge in [-0.15, -0.1) is 0 Å². The first-order valence-electron chi connectivity index (χ1n) is 24.4. The fourth-order valence-electron chi connectivity index (χ4n) is 7.81. The molecule has 6 aromatic rings. The zero-order valence-corrected chi connectivity index (χ0v) is 41.0. The van der Waals surface area contributed by atoms with Gasteiger partial charge in [0.2, 0.25) is 0 Å². The first kappa shape index (κ1) is 56.0. The maximum Gasteiger partial charge on any atom is 0.416 e. The Morgan fingerprint density at radius 3 is 1.39 bits per heavy atom. The number of benzene rings is 4. The van der Waals surface area contributed by atoms with E-state index < -0.39 is 41.5 Å². The molecule has 0 radical (unpaired) electrons. The maximum atomic E-state index is 12.9. The molecule has 0 spiro atoms. The summed E-state index contributed by atoms with van der Waals surface area (Å²) in [6.07, 6.45) is -1.67. The van der Waals surface area contributed by atoms with Crippen LogP contribution in [0.1, 0.15) is 137 Å². The average Bonchev–Trinajstić information content (AvgIpc) is 3.36. The van der Waals surface area contributed by atoms with Crippen LogP contribution in [-0.4, -0.2) is 38.7 Å². The number of rotatable bonds is 24. The van der Waals surface area contributed by atoms with E-state index >= 15 is 0 Å². The molecule has 15 heteroatoms. The molecule has 2 aromatic heterocycles. The minimum atomic E-state index is -4.39. The second kappa shape index (κ2) is 27.1. The van der Waals surface area contributed by atoms with E-state index in [2.05, 4.69) is 20.8 Å². The highest BCUT2D eigenvalue weighted by atomic mass is 19.4. The third kappa shape index (κ3) is 17.2. The van der Waals surface area contributed by atoms with Crippen LogP contribution < -0.4 is 14.2 Å². The number of halogens is 6. The topological polar surface area (TPSA) is 128 Å². The van der Waals surface area contributed by atoms with Gasteiger partial charge < -0.3 is 24.4 Å². The number of aromatic nitrogens is 2. The highest BCUT2D eigenvalue weighted by Crippen LogP contribution is 2.37. The van der Waals surface area contributed by atoms with Crippen LogP contribution in [0.5, 0.6) is 17.2 Å². The molecule has 0 saturated heterocycles. The van der Waals surface area contributed by atoms with Crippen LogP contribution >= 0.6 is 0 Å². The van der Waals surface area contributed by atoms with E-state index in [0.29, 0.717) is 65.6 Å². The molecule has 2 heterocycles. The van der Waals surface area contributed by atoms with E-state index in [1.54, 1.807) is 24.3 Å². The van der Waals surface area contributed by atoms with Crippen LogP contribution in [0.2, 0.25) is 0 Å². The molecule has 2 unspecified atom stereocenters.